The van der Waals surface area contributed by atoms with E-state index < -0.39 is 12.2 Å². The molecule has 1 atom stereocenters. The Labute approximate surface area is 71.0 Å². The van der Waals surface area contributed by atoms with Crippen LogP contribution in [0, 0.1) is 0 Å². The number of carbonyl (C=O) groups excluding carboxylic acids is 1. The molecule has 0 heterocycles. The van der Waals surface area contributed by atoms with Crippen LogP contribution in [0.1, 0.15) is 13.8 Å². The fourth-order valence-corrected chi connectivity index (χ4v) is 0.269. The summed E-state index contributed by atoms with van der Waals surface area (Å²) in [7, 11) is 0. The van der Waals surface area contributed by atoms with E-state index in [1.165, 1.54) is 0 Å². The Morgan fingerprint density at radius 1 is 1.70 bits per heavy atom. The molecule has 1 unspecified atom stereocenters. The van der Waals surface area contributed by atoms with Crippen LogP contribution < -0.4 is 5.73 Å². The van der Waals surface area contributed by atoms with Crippen molar-refractivity contribution in [3.05, 3.63) is 12.2 Å². The first kappa shape index (κ1) is 12.3. The Hall–Kier alpha value is -0.350. The molecule has 0 aromatic rings. The van der Waals surface area contributed by atoms with E-state index in [-0.39, 0.29) is 17.0 Å². The van der Waals surface area contributed by atoms with Gasteiger partial charge >= 0.3 is 5.97 Å². The average Bonchev–Trinajstić information content (AvgIpc) is 1.63. The number of rotatable bonds is 2. The second-order valence-corrected chi connectivity index (χ2v) is 1.89. The maximum atomic E-state index is 10.6. The van der Waals surface area contributed by atoms with E-state index in [0.717, 1.165) is 0 Å². The Morgan fingerprint density at radius 3 is 2.20 bits per heavy atom. The van der Waals surface area contributed by atoms with Gasteiger partial charge in [-0.2, -0.15) is 0 Å². The molecule has 0 bridgehead atoms. The molecule has 0 aromatic heterocycles. The second-order valence-electron chi connectivity index (χ2n) is 1.89. The van der Waals surface area contributed by atoms with Crippen molar-refractivity contribution in [2.45, 2.75) is 20.1 Å². The molecule has 0 aliphatic carbocycles. The fourth-order valence-electron chi connectivity index (χ4n) is 0.269. The highest BCUT2D eigenvalue weighted by atomic mass is 79.9. The van der Waals surface area contributed by atoms with Gasteiger partial charge in [0.2, 0.25) is 0 Å². The minimum absolute atomic E-state index is 0. The number of hydrogen-bond donors (Lipinski definition) is 1. The Balaban J connectivity index is 0. The summed E-state index contributed by atoms with van der Waals surface area (Å²) in [5.74, 6) is -0.440. The molecule has 0 saturated heterocycles. The molecule has 0 spiro atoms. The second kappa shape index (κ2) is 5.44. The molecular formula is C6H12BrNO2. The van der Waals surface area contributed by atoms with Gasteiger partial charge in [-0.05, 0) is 13.8 Å². The predicted octanol–water partition coefficient (Wildman–Crippen LogP) is 0.988. The van der Waals surface area contributed by atoms with Gasteiger partial charge in [-0.15, -0.1) is 17.0 Å². The van der Waals surface area contributed by atoms with Crippen LogP contribution in [0.25, 0.3) is 0 Å². The van der Waals surface area contributed by atoms with Crippen molar-refractivity contribution in [1.29, 1.82) is 0 Å². The number of carbonyl (C=O) groups is 1. The van der Waals surface area contributed by atoms with Crippen LogP contribution in [-0.4, -0.2) is 12.2 Å². The lowest BCUT2D eigenvalue weighted by Gasteiger charge is -2.05. The van der Waals surface area contributed by atoms with Gasteiger partial charge in [0.1, 0.15) is 6.23 Å². The van der Waals surface area contributed by atoms with Gasteiger partial charge in [0, 0.05) is 5.57 Å². The number of halogens is 1. The normalized spacial score (nSPS) is 11.1. The summed E-state index contributed by atoms with van der Waals surface area (Å²) in [5, 5.41) is 0. The summed E-state index contributed by atoms with van der Waals surface area (Å²) in [6, 6.07) is 0. The molecule has 4 heteroatoms. The van der Waals surface area contributed by atoms with Crippen LogP contribution >= 0.6 is 17.0 Å². The lowest BCUT2D eigenvalue weighted by atomic mass is 10.4. The van der Waals surface area contributed by atoms with Gasteiger partial charge < -0.3 is 4.74 Å². The van der Waals surface area contributed by atoms with E-state index in [0.29, 0.717) is 5.57 Å². The maximum absolute atomic E-state index is 10.6. The molecule has 2 N–H and O–H groups in total. The third kappa shape index (κ3) is 5.78. The SMILES string of the molecule is Br.C=C(C)C(=O)OC(C)N. The number of hydrogen-bond acceptors (Lipinski definition) is 3. The standard InChI is InChI=1S/C6H11NO2.BrH/c1-4(2)6(8)9-5(3)7;/h5H,1,7H2,2-3H3;1H. The first-order chi connectivity index (χ1) is 4.04. The first-order valence-electron chi connectivity index (χ1n) is 2.66. The van der Waals surface area contributed by atoms with Crippen molar-refractivity contribution in [3.8, 4) is 0 Å². The molecule has 3 nitrogen and oxygen atoms in total. The number of esters is 1. The topological polar surface area (TPSA) is 52.3 Å². The quantitative estimate of drug-likeness (QED) is 0.420. The number of ether oxygens (including phenoxy) is 1. The molecule has 0 aliphatic rings. The lowest BCUT2D eigenvalue weighted by Crippen LogP contribution is -2.23. The molecule has 0 aromatic carbocycles. The van der Waals surface area contributed by atoms with Gasteiger partial charge in [0.25, 0.3) is 0 Å². The van der Waals surface area contributed by atoms with Gasteiger partial charge in [0.05, 0.1) is 0 Å². The van der Waals surface area contributed by atoms with Crippen molar-refractivity contribution in [3.63, 3.8) is 0 Å². The van der Waals surface area contributed by atoms with Gasteiger partial charge in [-0.3, -0.25) is 5.73 Å². The molecule has 10 heavy (non-hydrogen) atoms. The van der Waals surface area contributed by atoms with E-state index in [4.69, 9.17) is 5.73 Å². The molecule has 0 amide bonds. The van der Waals surface area contributed by atoms with Crippen LogP contribution in [0.2, 0.25) is 0 Å². The van der Waals surface area contributed by atoms with Crippen LogP contribution in [0.3, 0.4) is 0 Å². The summed E-state index contributed by atoms with van der Waals surface area (Å²) >= 11 is 0. The minimum Gasteiger partial charge on any atom is -0.444 e. The third-order valence-electron chi connectivity index (χ3n) is 0.641. The largest absolute Gasteiger partial charge is 0.444 e. The van der Waals surface area contributed by atoms with E-state index in [2.05, 4.69) is 11.3 Å². The predicted molar refractivity (Wildman–Crippen MR) is 44.9 cm³/mol. The molecule has 0 rings (SSSR count). The van der Waals surface area contributed by atoms with Gasteiger partial charge in [0.15, 0.2) is 0 Å². The Morgan fingerprint density at radius 2 is 2.10 bits per heavy atom. The van der Waals surface area contributed by atoms with Crippen LogP contribution in [0.4, 0.5) is 0 Å². The lowest BCUT2D eigenvalue weighted by molar-refractivity contribution is -0.143. The zero-order chi connectivity index (χ0) is 7.44. The summed E-state index contributed by atoms with van der Waals surface area (Å²) in [4.78, 5) is 10.6. The fraction of sp³-hybridized carbons (Fsp3) is 0.500. The summed E-state index contributed by atoms with van der Waals surface area (Å²) < 4.78 is 4.55. The van der Waals surface area contributed by atoms with Crippen molar-refractivity contribution in [2.24, 2.45) is 5.73 Å². The highest BCUT2D eigenvalue weighted by Gasteiger charge is 2.03. The van der Waals surface area contributed by atoms with E-state index >= 15 is 0 Å². The van der Waals surface area contributed by atoms with Crippen LogP contribution in [-0.2, 0) is 9.53 Å². The molecular weight excluding hydrogens is 198 g/mol. The number of nitrogens with two attached hydrogens (primary N) is 1. The zero-order valence-electron chi connectivity index (χ0n) is 6.09. The molecule has 60 valence electrons. The summed E-state index contributed by atoms with van der Waals surface area (Å²) in [6.07, 6.45) is -0.547. The maximum Gasteiger partial charge on any atom is 0.334 e. The average molecular weight is 210 g/mol. The van der Waals surface area contributed by atoms with Crippen molar-refractivity contribution < 1.29 is 9.53 Å². The Kier molecular flexibility index (Phi) is 6.71. The summed E-state index contributed by atoms with van der Waals surface area (Å²) in [6.45, 7) is 6.54. The minimum atomic E-state index is -0.547. The monoisotopic (exact) mass is 209 g/mol. The highest BCUT2D eigenvalue weighted by Crippen LogP contribution is 1.92. The van der Waals surface area contributed by atoms with E-state index in [1.807, 2.05) is 0 Å². The smallest absolute Gasteiger partial charge is 0.334 e. The van der Waals surface area contributed by atoms with Crippen LogP contribution in [0.15, 0.2) is 12.2 Å². The van der Waals surface area contributed by atoms with Gasteiger partial charge in [-0.25, -0.2) is 4.79 Å². The van der Waals surface area contributed by atoms with E-state index in [9.17, 15) is 4.79 Å². The molecule has 0 fully saturated rings. The van der Waals surface area contributed by atoms with Crippen molar-refractivity contribution in [1.82, 2.24) is 0 Å². The Bertz CT molecular complexity index is 134. The third-order valence-corrected chi connectivity index (χ3v) is 0.641. The first-order valence-corrected chi connectivity index (χ1v) is 2.66. The molecule has 0 radical (unpaired) electrons. The van der Waals surface area contributed by atoms with Crippen molar-refractivity contribution in [2.75, 3.05) is 0 Å². The van der Waals surface area contributed by atoms with Crippen LogP contribution in [0.5, 0.6) is 0 Å². The molecule has 0 saturated carbocycles. The van der Waals surface area contributed by atoms with Gasteiger partial charge in [-0.1, -0.05) is 6.58 Å². The zero-order valence-corrected chi connectivity index (χ0v) is 7.80. The van der Waals surface area contributed by atoms with E-state index in [1.54, 1.807) is 13.8 Å². The van der Waals surface area contributed by atoms with Crippen molar-refractivity contribution >= 4 is 23.0 Å². The summed E-state index contributed by atoms with van der Waals surface area (Å²) in [5.41, 5.74) is 5.51. The highest BCUT2D eigenvalue weighted by molar-refractivity contribution is 8.93. The molecule has 0 aliphatic heterocycles.